The lowest BCUT2D eigenvalue weighted by molar-refractivity contribution is 0.300. The van der Waals surface area contributed by atoms with Crippen molar-refractivity contribution >= 4 is 11.8 Å². The van der Waals surface area contributed by atoms with Gasteiger partial charge in [-0.15, -0.1) is 0 Å². The Morgan fingerprint density at radius 1 is 1.67 bits per heavy atom. The van der Waals surface area contributed by atoms with E-state index in [1.54, 1.807) is 11.8 Å². The standard InChI is InChI=1S/C6H15NOS/c1-6(5-8)9-4-3-7-2/h6-8H,3-5H2,1-2H3. The van der Waals surface area contributed by atoms with Gasteiger partial charge in [-0.05, 0) is 7.05 Å². The van der Waals surface area contributed by atoms with E-state index in [4.69, 9.17) is 5.11 Å². The van der Waals surface area contributed by atoms with E-state index in [1.165, 1.54) is 0 Å². The molecule has 0 spiro atoms. The lowest BCUT2D eigenvalue weighted by Gasteiger charge is -2.05. The van der Waals surface area contributed by atoms with Gasteiger partial charge >= 0.3 is 0 Å². The molecule has 0 bridgehead atoms. The van der Waals surface area contributed by atoms with E-state index in [-0.39, 0.29) is 6.61 Å². The van der Waals surface area contributed by atoms with Crippen LogP contribution in [0.5, 0.6) is 0 Å². The maximum absolute atomic E-state index is 8.59. The largest absolute Gasteiger partial charge is 0.395 e. The molecule has 0 aliphatic carbocycles. The van der Waals surface area contributed by atoms with Gasteiger partial charge in [0.1, 0.15) is 0 Å². The molecule has 0 heterocycles. The molecular formula is C6H15NOS. The fourth-order valence-corrected chi connectivity index (χ4v) is 1.24. The smallest absolute Gasteiger partial charge is 0.0547 e. The SMILES string of the molecule is CNCCSC(C)CO. The predicted octanol–water partition coefficient (Wildman–Crippen LogP) is 0.320. The van der Waals surface area contributed by atoms with Crippen LogP contribution in [0.25, 0.3) is 0 Å². The minimum Gasteiger partial charge on any atom is -0.395 e. The van der Waals surface area contributed by atoms with Gasteiger partial charge in [-0.1, -0.05) is 6.92 Å². The van der Waals surface area contributed by atoms with E-state index < -0.39 is 0 Å². The topological polar surface area (TPSA) is 32.3 Å². The van der Waals surface area contributed by atoms with Gasteiger partial charge in [-0.3, -0.25) is 0 Å². The normalized spacial score (nSPS) is 13.7. The number of nitrogens with one attached hydrogen (secondary N) is 1. The Balaban J connectivity index is 2.88. The molecule has 2 N–H and O–H groups in total. The van der Waals surface area contributed by atoms with Crippen LogP contribution in [-0.2, 0) is 0 Å². The van der Waals surface area contributed by atoms with Crippen molar-refractivity contribution in [3.63, 3.8) is 0 Å². The first-order valence-corrected chi connectivity index (χ1v) is 4.23. The number of aliphatic hydroxyl groups is 1. The van der Waals surface area contributed by atoms with Gasteiger partial charge in [0.05, 0.1) is 6.61 Å². The minimum absolute atomic E-state index is 0.286. The van der Waals surface area contributed by atoms with Crippen molar-refractivity contribution in [2.24, 2.45) is 0 Å². The number of hydrogen-bond donors (Lipinski definition) is 2. The zero-order valence-corrected chi connectivity index (χ0v) is 6.87. The second-order valence-corrected chi connectivity index (χ2v) is 3.51. The second kappa shape index (κ2) is 6.39. The van der Waals surface area contributed by atoms with E-state index >= 15 is 0 Å². The zero-order valence-electron chi connectivity index (χ0n) is 6.05. The fraction of sp³-hybridized carbons (Fsp3) is 1.00. The maximum Gasteiger partial charge on any atom is 0.0547 e. The van der Waals surface area contributed by atoms with Gasteiger partial charge < -0.3 is 10.4 Å². The summed E-state index contributed by atoms with van der Waals surface area (Å²) < 4.78 is 0. The van der Waals surface area contributed by atoms with Crippen molar-refractivity contribution in [1.29, 1.82) is 0 Å². The summed E-state index contributed by atoms with van der Waals surface area (Å²) in [5.41, 5.74) is 0. The van der Waals surface area contributed by atoms with E-state index in [0.29, 0.717) is 5.25 Å². The molecule has 1 atom stereocenters. The van der Waals surface area contributed by atoms with Crippen molar-refractivity contribution in [2.45, 2.75) is 12.2 Å². The molecule has 0 aliphatic heterocycles. The highest BCUT2D eigenvalue weighted by molar-refractivity contribution is 7.99. The van der Waals surface area contributed by atoms with Crippen LogP contribution in [0.1, 0.15) is 6.92 Å². The summed E-state index contributed by atoms with van der Waals surface area (Å²) in [6.45, 7) is 3.34. The molecule has 1 unspecified atom stereocenters. The van der Waals surface area contributed by atoms with Crippen LogP contribution in [0.15, 0.2) is 0 Å². The minimum atomic E-state index is 0.286. The van der Waals surface area contributed by atoms with E-state index in [0.717, 1.165) is 12.3 Å². The van der Waals surface area contributed by atoms with Crippen LogP contribution in [-0.4, -0.2) is 36.3 Å². The van der Waals surface area contributed by atoms with Crippen molar-refractivity contribution in [3.8, 4) is 0 Å². The van der Waals surface area contributed by atoms with E-state index in [2.05, 4.69) is 5.32 Å². The summed E-state index contributed by atoms with van der Waals surface area (Å²) in [6.07, 6.45) is 0. The van der Waals surface area contributed by atoms with Crippen molar-refractivity contribution in [2.75, 3.05) is 26.0 Å². The number of thioether (sulfide) groups is 1. The van der Waals surface area contributed by atoms with Gasteiger partial charge in [-0.25, -0.2) is 0 Å². The Morgan fingerprint density at radius 3 is 2.78 bits per heavy atom. The Morgan fingerprint density at radius 2 is 2.33 bits per heavy atom. The maximum atomic E-state index is 8.59. The van der Waals surface area contributed by atoms with Crippen LogP contribution in [0.2, 0.25) is 0 Å². The summed E-state index contributed by atoms with van der Waals surface area (Å²) >= 11 is 1.79. The van der Waals surface area contributed by atoms with Crippen LogP contribution >= 0.6 is 11.8 Å². The second-order valence-electron chi connectivity index (χ2n) is 1.97. The quantitative estimate of drug-likeness (QED) is 0.552. The van der Waals surface area contributed by atoms with Gasteiger partial charge in [0, 0.05) is 17.5 Å². The summed E-state index contributed by atoms with van der Waals surface area (Å²) in [6, 6.07) is 0. The molecule has 0 fully saturated rings. The third-order valence-electron chi connectivity index (χ3n) is 1.01. The molecule has 0 radical (unpaired) electrons. The number of rotatable bonds is 5. The van der Waals surface area contributed by atoms with Crippen molar-refractivity contribution in [1.82, 2.24) is 5.32 Å². The molecular weight excluding hydrogens is 134 g/mol. The summed E-state index contributed by atoms with van der Waals surface area (Å²) in [5.74, 6) is 1.08. The van der Waals surface area contributed by atoms with Crippen molar-refractivity contribution < 1.29 is 5.11 Å². The molecule has 0 aromatic rings. The average molecular weight is 149 g/mol. The first kappa shape index (κ1) is 9.27. The van der Waals surface area contributed by atoms with Crippen LogP contribution in [0.3, 0.4) is 0 Å². The first-order valence-electron chi connectivity index (χ1n) is 3.18. The van der Waals surface area contributed by atoms with Gasteiger partial charge in [0.25, 0.3) is 0 Å². The third kappa shape index (κ3) is 6.15. The molecule has 0 amide bonds. The van der Waals surface area contributed by atoms with E-state index in [1.807, 2.05) is 14.0 Å². The summed E-state index contributed by atoms with van der Waals surface area (Å²) in [7, 11) is 1.93. The molecule has 0 aliphatic rings. The molecule has 0 aromatic carbocycles. The van der Waals surface area contributed by atoms with Crippen molar-refractivity contribution in [3.05, 3.63) is 0 Å². The summed E-state index contributed by atoms with van der Waals surface area (Å²) in [4.78, 5) is 0. The van der Waals surface area contributed by atoms with E-state index in [9.17, 15) is 0 Å². The lowest BCUT2D eigenvalue weighted by Crippen LogP contribution is -2.13. The lowest BCUT2D eigenvalue weighted by atomic mass is 10.5. The highest BCUT2D eigenvalue weighted by atomic mass is 32.2. The predicted molar refractivity (Wildman–Crippen MR) is 42.9 cm³/mol. The molecule has 0 rings (SSSR count). The number of aliphatic hydroxyl groups excluding tert-OH is 1. The molecule has 0 aromatic heterocycles. The Labute approximate surface area is 61.0 Å². The third-order valence-corrected chi connectivity index (χ3v) is 2.17. The number of hydrogen-bond acceptors (Lipinski definition) is 3. The summed E-state index contributed by atoms with van der Waals surface area (Å²) in [5, 5.41) is 12.0. The first-order chi connectivity index (χ1) is 4.31. The Kier molecular flexibility index (Phi) is 6.58. The van der Waals surface area contributed by atoms with Gasteiger partial charge in [0.15, 0.2) is 0 Å². The zero-order chi connectivity index (χ0) is 7.11. The molecule has 3 heteroatoms. The average Bonchev–Trinajstić information content (AvgIpc) is 1.89. The molecule has 0 saturated carbocycles. The van der Waals surface area contributed by atoms with Crippen LogP contribution in [0.4, 0.5) is 0 Å². The molecule has 2 nitrogen and oxygen atoms in total. The van der Waals surface area contributed by atoms with Crippen LogP contribution in [0, 0.1) is 0 Å². The highest BCUT2D eigenvalue weighted by Crippen LogP contribution is 2.06. The van der Waals surface area contributed by atoms with Gasteiger partial charge in [-0.2, -0.15) is 11.8 Å². The highest BCUT2D eigenvalue weighted by Gasteiger charge is 1.97. The Hall–Kier alpha value is 0.270. The van der Waals surface area contributed by atoms with Crippen LogP contribution < -0.4 is 5.32 Å². The molecule has 9 heavy (non-hydrogen) atoms. The van der Waals surface area contributed by atoms with Gasteiger partial charge in [0.2, 0.25) is 0 Å². The molecule has 0 saturated heterocycles. The fourth-order valence-electron chi connectivity index (χ4n) is 0.415. The molecule has 56 valence electrons. The monoisotopic (exact) mass is 149 g/mol. The Bertz CT molecular complexity index is 61.0.